The first kappa shape index (κ1) is 11.9. The van der Waals surface area contributed by atoms with Gasteiger partial charge in [-0.1, -0.05) is 0 Å². The molecule has 1 aliphatic rings. The van der Waals surface area contributed by atoms with Crippen molar-refractivity contribution in [1.82, 2.24) is 0 Å². The van der Waals surface area contributed by atoms with Crippen LogP contribution in [0.2, 0.25) is 0 Å². The van der Waals surface area contributed by atoms with Crippen molar-refractivity contribution in [1.29, 1.82) is 0 Å². The zero-order valence-electron chi connectivity index (χ0n) is 8.96. The smallest absolute Gasteiger partial charge is 0.0701 e. The lowest BCUT2D eigenvalue weighted by Crippen LogP contribution is -2.24. The fraction of sp³-hybridized carbons (Fsp3) is 1.00. The van der Waals surface area contributed by atoms with Gasteiger partial charge in [-0.25, -0.2) is 0 Å². The molecule has 0 radical (unpaired) electrons. The first-order chi connectivity index (χ1) is 6.77. The average Bonchev–Trinajstić information content (AvgIpc) is 2.89. The molecule has 0 aromatic heterocycles. The van der Waals surface area contributed by atoms with Crippen LogP contribution in [-0.4, -0.2) is 45.7 Å². The van der Waals surface area contributed by atoms with E-state index in [4.69, 9.17) is 19.9 Å². The molecule has 0 heterocycles. The highest BCUT2D eigenvalue weighted by Gasteiger charge is 2.37. The van der Waals surface area contributed by atoms with Crippen LogP contribution in [-0.2, 0) is 14.2 Å². The van der Waals surface area contributed by atoms with E-state index in [1.165, 1.54) is 0 Å². The third-order valence-corrected chi connectivity index (χ3v) is 2.44. The molecule has 1 saturated carbocycles. The van der Waals surface area contributed by atoms with Gasteiger partial charge in [0.05, 0.1) is 26.4 Å². The SMILES string of the molecule is COCCOCCOCCC1(N)CC1. The Kier molecular flexibility index (Phi) is 5.40. The van der Waals surface area contributed by atoms with Gasteiger partial charge in [-0.15, -0.1) is 0 Å². The molecule has 0 aromatic carbocycles. The molecule has 0 aliphatic heterocycles. The molecule has 0 saturated heterocycles. The van der Waals surface area contributed by atoms with Crippen molar-refractivity contribution in [3.05, 3.63) is 0 Å². The molecule has 0 amide bonds. The van der Waals surface area contributed by atoms with Gasteiger partial charge in [0, 0.05) is 19.3 Å². The highest BCUT2D eigenvalue weighted by atomic mass is 16.5. The molecule has 0 unspecified atom stereocenters. The summed E-state index contributed by atoms with van der Waals surface area (Å²) in [7, 11) is 1.66. The third kappa shape index (κ3) is 5.54. The molecule has 84 valence electrons. The summed E-state index contributed by atoms with van der Waals surface area (Å²) in [5.74, 6) is 0. The van der Waals surface area contributed by atoms with E-state index in [1.807, 2.05) is 0 Å². The first-order valence-corrected chi connectivity index (χ1v) is 5.20. The predicted octanol–water partition coefficient (Wildman–Crippen LogP) is 0.547. The fourth-order valence-electron chi connectivity index (χ4n) is 1.15. The van der Waals surface area contributed by atoms with E-state index < -0.39 is 0 Å². The topological polar surface area (TPSA) is 53.7 Å². The summed E-state index contributed by atoms with van der Waals surface area (Å²) < 4.78 is 15.5. The average molecular weight is 203 g/mol. The van der Waals surface area contributed by atoms with Crippen molar-refractivity contribution in [2.75, 3.05) is 40.1 Å². The van der Waals surface area contributed by atoms with Crippen LogP contribution in [0.25, 0.3) is 0 Å². The molecule has 0 spiro atoms. The van der Waals surface area contributed by atoms with Gasteiger partial charge in [0.25, 0.3) is 0 Å². The molecule has 14 heavy (non-hydrogen) atoms. The fourth-order valence-corrected chi connectivity index (χ4v) is 1.15. The Morgan fingerprint density at radius 1 is 1.00 bits per heavy atom. The number of hydrogen-bond donors (Lipinski definition) is 1. The number of methoxy groups -OCH3 is 1. The standard InChI is InChI=1S/C10H21NO3/c1-12-6-7-14-9-8-13-5-4-10(11)2-3-10/h2-9,11H2,1H3. The van der Waals surface area contributed by atoms with Crippen LogP contribution >= 0.6 is 0 Å². The van der Waals surface area contributed by atoms with Crippen molar-refractivity contribution in [2.24, 2.45) is 5.73 Å². The molecular formula is C10H21NO3. The number of ether oxygens (including phenoxy) is 3. The number of rotatable bonds is 9. The molecule has 1 rings (SSSR count). The van der Waals surface area contributed by atoms with Crippen molar-refractivity contribution in [3.8, 4) is 0 Å². The highest BCUT2D eigenvalue weighted by molar-refractivity contribution is 4.98. The molecule has 0 bridgehead atoms. The Bertz CT molecular complexity index is 148. The summed E-state index contributed by atoms with van der Waals surface area (Å²) in [4.78, 5) is 0. The zero-order chi connectivity index (χ0) is 10.3. The Hall–Kier alpha value is -0.160. The van der Waals surface area contributed by atoms with Crippen LogP contribution in [0.3, 0.4) is 0 Å². The lowest BCUT2D eigenvalue weighted by atomic mass is 10.2. The Morgan fingerprint density at radius 2 is 1.57 bits per heavy atom. The van der Waals surface area contributed by atoms with E-state index in [9.17, 15) is 0 Å². The second kappa shape index (κ2) is 6.35. The van der Waals surface area contributed by atoms with Gasteiger partial charge in [0.1, 0.15) is 0 Å². The van der Waals surface area contributed by atoms with E-state index in [2.05, 4.69) is 0 Å². The quantitative estimate of drug-likeness (QED) is 0.556. The van der Waals surface area contributed by atoms with Gasteiger partial charge in [-0.2, -0.15) is 0 Å². The van der Waals surface area contributed by atoms with Crippen LogP contribution in [0, 0.1) is 0 Å². The van der Waals surface area contributed by atoms with Crippen LogP contribution in [0.5, 0.6) is 0 Å². The van der Waals surface area contributed by atoms with Gasteiger partial charge in [0.15, 0.2) is 0 Å². The summed E-state index contributed by atoms with van der Waals surface area (Å²) in [6.07, 6.45) is 3.28. The van der Waals surface area contributed by atoms with E-state index in [1.54, 1.807) is 7.11 Å². The minimum Gasteiger partial charge on any atom is -0.382 e. The lowest BCUT2D eigenvalue weighted by molar-refractivity contribution is 0.0229. The third-order valence-electron chi connectivity index (χ3n) is 2.44. The van der Waals surface area contributed by atoms with Gasteiger partial charge < -0.3 is 19.9 Å². The van der Waals surface area contributed by atoms with E-state index >= 15 is 0 Å². The van der Waals surface area contributed by atoms with Crippen LogP contribution in [0.15, 0.2) is 0 Å². The lowest BCUT2D eigenvalue weighted by Gasteiger charge is -2.09. The minimum atomic E-state index is 0.108. The van der Waals surface area contributed by atoms with E-state index in [0.29, 0.717) is 26.4 Å². The number of hydrogen-bond acceptors (Lipinski definition) is 4. The number of nitrogens with two attached hydrogens (primary N) is 1. The van der Waals surface area contributed by atoms with E-state index in [0.717, 1.165) is 25.9 Å². The maximum Gasteiger partial charge on any atom is 0.0701 e. The van der Waals surface area contributed by atoms with Crippen molar-refractivity contribution >= 4 is 0 Å². The van der Waals surface area contributed by atoms with Gasteiger partial charge >= 0.3 is 0 Å². The maximum absolute atomic E-state index is 5.90. The monoisotopic (exact) mass is 203 g/mol. The molecule has 4 nitrogen and oxygen atoms in total. The largest absolute Gasteiger partial charge is 0.382 e. The van der Waals surface area contributed by atoms with Crippen molar-refractivity contribution in [3.63, 3.8) is 0 Å². The molecule has 1 fully saturated rings. The summed E-state index contributed by atoms with van der Waals surface area (Å²) in [6, 6.07) is 0. The Balaban J connectivity index is 1.72. The summed E-state index contributed by atoms with van der Waals surface area (Å²) in [6.45, 7) is 3.33. The maximum atomic E-state index is 5.90. The van der Waals surface area contributed by atoms with Gasteiger partial charge in [-0.05, 0) is 19.3 Å². The van der Waals surface area contributed by atoms with E-state index in [-0.39, 0.29) is 5.54 Å². The van der Waals surface area contributed by atoms with Crippen LogP contribution in [0.4, 0.5) is 0 Å². The summed E-state index contributed by atoms with van der Waals surface area (Å²) in [5, 5.41) is 0. The highest BCUT2D eigenvalue weighted by Crippen LogP contribution is 2.35. The van der Waals surface area contributed by atoms with Gasteiger partial charge in [0.2, 0.25) is 0 Å². The van der Waals surface area contributed by atoms with Crippen LogP contribution in [0.1, 0.15) is 19.3 Å². The molecule has 4 heteroatoms. The Morgan fingerprint density at radius 3 is 2.14 bits per heavy atom. The first-order valence-electron chi connectivity index (χ1n) is 5.20. The summed E-state index contributed by atoms with van der Waals surface area (Å²) >= 11 is 0. The molecule has 0 atom stereocenters. The normalized spacial score (nSPS) is 18.4. The summed E-state index contributed by atoms with van der Waals surface area (Å²) in [5.41, 5.74) is 6.01. The predicted molar refractivity (Wildman–Crippen MR) is 54.3 cm³/mol. The second-order valence-electron chi connectivity index (χ2n) is 3.83. The second-order valence-corrected chi connectivity index (χ2v) is 3.83. The molecule has 1 aliphatic carbocycles. The Labute approximate surface area is 85.7 Å². The molecular weight excluding hydrogens is 182 g/mol. The van der Waals surface area contributed by atoms with Crippen molar-refractivity contribution < 1.29 is 14.2 Å². The van der Waals surface area contributed by atoms with Crippen molar-refractivity contribution in [2.45, 2.75) is 24.8 Å². The zero-order valence-corrected chi connectivity index (χ0v) is 8.96. The van der Waals surface area contributed by atoms with Crippen LogP contribution < -0.4 is 5.73 Å². The minimum absolute atomic E-state index is 0.108. The molecule has 2 N–H and O–H groups in total. The molecule has 0 aromatic rings. The van der Waals surface area contributed by atoms with Gasteiger partial charge in [-0.3, -0.25) is 0 Å².